The fraction of sp³-hybridized carbons (Fsp3) is 0.462. The largest absolute Gasteiger partial charge is 0.354 e. The second kappa shape index (κ2) is 5.46. The highest BCUT2D eigenvalue weighted by Crippen LogP contribution is 2.24. The zero-order chi connectivity index (χ0) is 13.1. The maximum absolute atomic E-state index is 12.9. The van der Waals surface area contributed by atoms with Gasteiger partial charge in [-0.1, -0.05) is 12.1 Å². The van der Waals surface area contributed by atoms with E-state index < -0.39 is 0 Å². The summed E-state index contributed by atoms with van der Waals surface area (Å²) in [6.45, 7) is 3.63. The second-order valence-corrected chi connectivity index (χ2v) is 4.68. The molecule has 1 saturated heterocycles. The van der Waals surface area contributed by atoms with Gasteiger partial charge in [0.25, 0.3) is 0 Å². The summed E-state index contributed by atoms with van der Waals surface area (Å²) in [6.07, 6.45) is 0. The lowest BCUT2D eigenvalue weighted by Gasteiger charge is -2.36. The van der Waals surface area contributed by atoms with E-state index in [-0.39, 0.29) is 23.8 Å². The van der Waals surface area contributed by atoms with Gasteiger partial charge in [0.2, 0.25) is 5.91 Å². The number of hydrogen-bond acceptors (Lipinski definition) is 3. The van der Waals surface area contributed by atoms with Gasteiger partial charge in [0.1, 0.15) is 5.82 Å². The van der Waals surface area contributed by atoms with Crippen LogP contribution in [0.3, 0.4) is 0 Å². The zero-order valence-electron chi connectivity index (χ0n) is 10.4. The predicted molar refractivity (Wildman–Crippen MR) is 67.4 cm³/mol. The van der Waals surface area contributed by atoms with E-state index in [1.165, 1.54) is 12.1 Å². The van der Waals surface area contributed by atoms with E-state index in [1.54, 1.807) is 12.1 Å². The van der Waals surface area contributed by atoms with Crippen molar-refractivity contribution >= 4 is 5.91 Å². The Labute approximate surface area is 106 Å². The first-order valence-corrected chi connectivity index (χ1v) is 6.09. The average molecular weight is 251 g/mol. The van der Waals surface area contributed by atoms with E-state index in [0.29, 0.717) is 13.1 Å². The van der Waals surface area contributed by atoms with Crippen molar-refractivity contribution in [1.82, 2.24) is 10.2 Å². The quantitative estimate of drug-likeness (QED) is 0.829. The van der Waals surface area contributed by atoms with E-state index in [9.17, 15) is 9.18 Å². The summed E-state index contributed by atoms with van der Waals surface area (Å²) < 4.78 is 12.9. The van der Waals surface area contributed by atoms with Crippen molar-refractivity contribution in [2.24, 2.45) is 5.73 Å². The number of hydrogen-bond donors (Lipinski definition) is 2. The Hall–Kier alpha value is -1.46. The minimum atomic E-state index is -0.265. The molecular weight excluding hydrogens is 233 g/mol. The molecule has 4 nitrogen and oxygen atoms in total. The Morgan fingerprint density at radius 2 is 2.06 bits per heavy atom. The first-order chi connectivity index (χ1) is 8.58. The monoisotopic (exact) mass is 251 g/mol. The summed E-state index contributed by atoms with van der Waals surface area (Å²) in [5.41, 5.74) is 6.96. The van der Waals surface area contributed by atoms with Crippen LogP contribution in [0, 0.1) is 5.82 Å². The topological polar surface area (TPSA) is 58.4 Å². The fourth-order valence-corrected chi connectivity index (χ4v) is 2.40. The van der Waals surface area contributed by atoms with E-state index >= 15 is 0 Å². The highest BCUT2D eigenvalue weighted by atomic mass is 19.1. The first-order valence-electron chi connectivity index (χ1n) is 6.09. The van der Waals surface area contributed by atoms with Gasteiger partial charge in [0.15, 0.2) is 0 Å². The van der Waals surface area contributed by atoms with Gasteiger partial charge in [-0.2, -0.15) is 0 Å². The Bertz CT molecular complexity index is 419. The number of carbonyl (C=O) groups is 1. The van der Waals surface area contributed by atoms with Crippen molar-refractivity contribution in [3.63, 3.8) is 0 Å². The maximum atomic E-state index is 12.9. The molecule has 0 aromatic heterocycles. The van der Waals surface area contributed by atoms with Crippen LogP contribution in [0.25, 0.3) is 0 Å². The summed E-state index contributed by atoms with van der Waals surface area (Å²) in [5, 5.41) is 2.78. The third-order valence-corrected chi connectivity index (χ3v) is 3.17. The lowest BCUT2D eigenvalue weighted by Crippen LogP contribution is -2.52. The third-order valence-electron chi connectivity index (χ3n) is 3.17. The lowest BCUT2D eigenvalue weighted by molar-refractivity contribution is -0.125. The van der Waals surface area contributed by atoms with Crippen molar-refractivity contribution in [1.29, 1.82) is 0 Å². The molecule has 0 radical (unpaired) electrons. The standard InChI is InChI=1S/C13H18FN3O/c1-9(15)13(10-2-4-11(14)5-3-10)17-7-6-16-12(18)8-17/h2-5,9,13H,6-8,15H2,1H3,(H,16,18). The maximum Gasteiger partial charge on any atom is 0.234 e. The van der Waals surface area contributed by atoms with Gasteiger partial charge in [-0.05, 0) is 24.6 Å². The van der Waals surface area contributed by atoms with E-state index in [1.807, 2.05) is 11.8 Å². The summed E-state index contributed by atoms with van der Waals surface area (Å²) in [4.78, 5) is 13.5. The molecule has 18 heavy (non-hydrogen) atoms. The molecule has 0 saturated carbocycles. The van der Waals surface area contributed by atoms with E-state index in [4.69, 9.17) is 5.73 Å². The molecule has 2 atom stereocenters. The molecule has 1 fully saturated rings. The lowest BCUT2D eigenvalue weighted by atomic mass is 9.98. The van der Waals surface area contributed by atoms with E-state index in [0.717, 1.165) is 12.1 Å². The second-order valence-electron chi connectivity index (χ2n) is 4.68. The van der Waals surface area contributed by atoms with Gasteiger partial charge < -0.3 is 11.1 Å². The molecule has 0 spiro atoms. The number of amides is 1. The molecule has 2 unspecified atom stereocenters. The van der Waals surface area contributed by atoms with Crippen molar-refractivity contribution in [3.8, 4) is 0 Å². The van der Waals surface area contributed by atoms with Crippen LogP contribution in [0.1, 0.15) is 18.5 Å². The summed E-state index contributed by atoms with van der Waals surface area (Å²) in [7, 11) is 0. The number of carbonyl (C=O) groups excluding carboxylic acids is 1. The highest BCUT2D eigenvalue weighted by molar-refractivity contribution is 5.78. The molecule has 2 rings (SSSR count). The predicted octanol–water partition coefficient (Wildman–Crippen LogP) is 0.646. The van der Waals surface area contributed by atoms with Crippen LogP contribution in [-0.2, 0) is 4.79 Å². The van der Waals surface area contributed by atoms with Gasteiger partial charge in [0.05, 0.1) is 12.6 Å². The number of rotatable bonds is 3. The number of halogens is 1. The Morgan fingerprint density at radius 1 is 1.39 bits per heavy atom. The normalized spacial score (nSPS) is 20.3. The van der Waals surface area contributed by atoms with Crippen molar-refractivity contribution in [3.05, 3.63) is 35.6 Å². The Kier molecular flexibility index (Phi) is 3.93. The van der Waals surface area contributed by atoms with Gasteiger partial charge in [0, 0.05) is 19.1 Å². The van der Waals surface area contributed by atoms with Crippen molar-refractivity contribution in [2.75, 3.05) is 19.6 Å². The number of piperazine rings is 1. The van der Waals surface area contributed by atoms with Crippen LogP contribution in [0.5, 0.6) is 0 Å². The number of nitrogens with one attached hydrogen (secondary N) is 1. The first kappa shape index (κ1) is 13.0. The molecule has 0 aliphatic carbocycles. The van der Waals surface area contributed by atoms with Gasteiger partial charge in [-0.15, -0.1) is 0 Å². The Morgan fingerprint density at radius 3 is 2.61 bits per heavy atom. The van der Waals surface area contributed by atoms with Crippen LogP contribution in [0.4, 0.5) is 4.39 Å². The van der Waals surface area contributed by atoms with Gasteiger partial charge in [-0.25, -0.2) is 4.39 Å². The summed E-state index contributed by atoms with van der Waals surface area (Å²) in [5.74, 6) is -0.257. The molecule has 1 aromatic rings. The van der Waals surface area contributed by atoms with Gasteiger partial charge >= 0.3 is 0 Å². The number of nitrogens with zero attached hydrogens (tertiary/aromatic N) is 1. The van der Waals surface area contributed by atoms with Gasteiger partial charge in [-0.3, -0.25) is 9.69 Å². The average Bonchev–Trinajstić information content (AvgIpc) is 2.32. The molecule has 1 aliphatic heterocycles. The highest BCUT2D eigenvalue weighted by Gasteiger charge is 2.27. The molecule has 1 heterocycles. The van der Waals surface area contributed by atoms with Crippen LogP contribution in [0.2, 0.25) is 0 Å². The minimum Gasteiger partial charge on any atom is -0.354 e. The molecular formula is C13H18FN3O. The van der Waals surface area contributed by atoms with Crippen LogP contribution in [-0.4, -0.2) is 36.5 Å². The fourth-order valence-electron chi connectivity index (χ4n) is 2.40. The number of nitrogens with two attached hydrogens (primary N) is 1. The minimum absolute atomic E-state index is 0.00834. The molecule has 0 bridgehead atoms. The molecule has 98 valence electrons. The molecule has 1 amide bonds. The molecule has 1 aromatic carbocycles. The third kappa shape index (κ3) is 2.86. The molecule has 1 aliphatic rings. The van der Waals surface area contributed by atoms with E-state index in [2.05, 4.69) is 5.32 Å². The van der Waals surface area contributed by atoms with Crippen molar-refractivity contribution in [2.45, 2.75) is 19.0 Å². The summed E-state index contributed by atoms with van der Waals surface area (Å²) in [6, 6.07) is 6.13. The summed E-state index contributed by atoms with van der Waals surface area (Å²) >= 11 is 0. The van der Waals surface area contributed by atoms with Crippen LogP contribution >= 0.6 is 0 Å². The number of benzene rings is 1. The molecule has 5 heteroatoms. The Balaban J connectivity index is 2.22. The molecule has 3 N–H and O–H groups in total. The zero-order valence-corrected chi connectivity index (χ0v) is 10.4. The van der Waals surface area contributed by atoms with Crippen molar-refractivity contribution < 1.29 is 9.18 Å². The van der Waals surface area contributed by atoms with Crippen LogP contribution < -0.4 is 11.1 Å². The SMILES string of the molecule is CC(N)C(c1ccc(F)cc1)N1CCNC(=O)C1. The smallest absolute Gasteiger partial charge is 0.234 e. The van der Waals surface area contributed by atoms with Crippen LogP contribution in [0.15, 0.2) is 24.3 Å².